The highest BCUT2D eigenvalue weighted by Gasteiger charge is 2.13. The van der Waals surface area contributed by atoms with Crippen LogP contribution in [0.4, 0.5) is 11.9 Å². The first-order valence-corrected chi connectivity index (χ1v) is 7.46. The number of rotatable bonds is 7. The monoisotopic (exact) mass is 280 g/mol. The maximum Gasteiger partial charge on any atom is 0.323 e. The molecular weight excluding hydrogens is 256 g/mol. The normalized spacial score (nSPS) is 15.9. The third kappa shape index (κ3) is 4.48. The minimum absolute atomic E-state index is 0.373. The molecule has 1 saturated heterocycles. The van der Waals surface area contributed by atoms with Crippen molar-refractivity contribution in [2.45, 2.75) is 39.5 Å². The Morgan fingerprint density at radius 1 is 1.05 bits per heavy atom. The fourth-order valence-corrected chi connectivity index (χ4v) is 2.05. The number of piperidine rings is 1. The fourth-order valence-electron chi connectivity index (χ4n) is 2.05. The molecular formula is C13H24N6O. The third-order valence-corrected chi connectivity index (χ3v) is 3.00. The van der Waals surface area contributed by atoms with Gasteiger partial charge in [0.2, 0.25) is 11.9 Å². The highest BCUT2D eigenvalue weighted by Crippen LogP contribution is 2.14. The Kier molecular flexibility index (Phi) is 5.79. The van der Waals surface area contributed by atoms with Gasteiger partial charge in [-0.2, -0.15) is 15.0 Å². The number of hydrogen-bond acceptors (Lipinski definition) is 7. The van der Waals surface area contributed by atoms with E-state index in [-0.39, 0.29) is 0 Å². The summed E-state index contributed by atoms with van der Waals surface area (Å²) in [6.45, 7) is 7.48. The molecule has 2 rings (SSSR count). The summed E-state index contributed by atoms with van der Waals surface area (Å²) in [6.07, 6.45) is 4.63. The van der Waals surface area contributed by atoms with Crippen LogP contribution in [0.3, 0.4) is 0 Å². The standard InChI is InChI=1S/C13H24N6O/c1-3-10-20-13-16-11(14-4-2)15-12(17-13)18-19-8-6-5-7-9-19/h3-10H2,1-2H3,(H2,14,15,16,17,18). The molecule has 20 heavy (non-hydrogen) atoms. The van der Waals surface area contributed by atoms with E-state index in [4.69, 9.17) is 4.74 Å². The first kappa shape index (κ1) is 14.8. The van der Waals surface area contributed by atoms with E-state index in [0.717, 1.165) is 26.1 Å². The summed E-state index contributed by atoms with van der Waals surface area (Å²) in [5.41, 5.74) is 3.25. The molecule has 0 aliphatic carbocycles. The van der Waals surface area contributed by atoms with Gasteiger partial charge in [0.05, 0.1) is 6.61 Å². The summed E-state index contributed by atoms with van der Waals surface area (Å²) in [7, 11) is 0. The van der Waals surface area contributed by atoms with Gasteiger partial charge in [0.15, 0.2) is 0 Å². The molecule has 0 unspecified atom stereocenters. The highest BCUT2D eigenvalue weighted by atomic mass is 16.5. The van der Waals surface area contributed by atoms with E-state index in [2.05, 4.69) is 37.6 Å². The summed E-state index contributed by atoms with van der Waals surface area (Å²) in [5.74, 6) is 1.09. The van der Waals surface area contributed by atoms with Crippen molar-refractivity contribution >= 4 is 11.9 Å². The molecule has 7 heteroatoms. The Hall–Kier alpha value is -1.63. The number of nitrogens with one attached hydrogen (secondary N) is 2. The predicted octanol–water partition coefficient (Wildman–Crippen LogP) is 1.91. The number of hydrazine groups is 1. The number of anilines is 2. The van der Waals surface area contributed by atoms with E-state index in [1.54, 1.807) is 0 Å². The lowest BCUT2D eigenvalue weighted by atomic mass is 10.2. The quantitative estimate of drug-likeness (QED) is 0.790. The molecule has 0 radical (unpaired) electrons. The SMILES string of the molecule is CCCOc1nc(NCC)nc(NN2CCCCC2)n1. The fraction of sp³-hybridized carbons (Fsp3) is 0.769. The van der Waals surface area contributed by atoms with Crippen LogP contribution < -0.4 is 15.5 Å². The van der Waals surface area contributed by atoms with Crippen LogP contribution in [0.2, 0.25) is 0 Å². The molecule has 0 aromatic carbocycles. The molecule has 0 saturated carbocycles. The zero-order chi connectivity index (χ0) is 14.2. The van der Waals surface area contributed by atoms with Gasteiger partial charge in [-0.1, -0.05) is 13.3 Å². The maximum atomic E-state index is 5.51. The van der Waals surface area contributed by atoms with Crippen molar-refractivity contribution in [3.05, 3.63) is 0 Å². The van der Waals surface area contributed by atoms with Crippen LogP contribution in [0, 0.1) is 0 Å². The molecule has 0 atom stereocenters. The average Bonchev–Trinajstić information content (AvgIpc) is 2.46. The van der Waals surface area contributed by atoms with Crippen LogP contribution in [0.15, 0.2) is 0 Å². The second-order valence-electron chi connectivity index (χ2n) is 4.80. The van der Waals surface area contributed by atoms with Crippen molar-refractivity contribution < 1.29 is 4.74 Å². The molecule has 1 aromatic heterocycles. The molecule has 1 aliphatic heterocycles. The lowest BCUT2D eigenvalue weighted by Gasteiger charge is -2.26. The van der Waals surface area contributed by atoms with Crippen LogP contribution >= 0.6 is 0 Å². The third-order valence-electron chi connectivity index (χ3n) is 3.00. The summed E-state index contributed by atoms with van der Waals surface area (Å²) >= 11 is 0. The minimum Gasteiger partial charge on any atom is -0.463 e. The van der Waals surface area contributed by atoms with Crippen LogP contribution in [0.5, 0.6) is 6.01 Å². The van der Waals surface area contributed by atoms with E-state index in [0.29, 0.717) is 24.5 Å². The number of aromatic nitrogens is 3. The van der Waals surface area contributed by atoms with Crippen molar-refractivity contribution in [2.24, 2.45) is 0 Å². The Labute approximate surface area is 120 Å². The maximum absolute atomic E-state index is 5.51. The lowest BCUT2D eigenvalue weighted by Crippen LogP contribution is -2.35. The molecule has 1 aliphatic rings. The molecule has 0 spiro atoms. The first-order chi connectivity index (χ1) is 9.81. The van der Waals surface area contributed by atoms with Crippen LogP contribution in [-0.4, -0.2) is 46.2 Å². The largest absolute Gasteiger partial charge is 0.463 e. The predicted molar refractivity (Wildman–Crippen MR) is 78.8 cm³/mol. The van der Waals surface area contributed by atoms with Gasteiger partial charge in [-0.25, -0.2) is 5.01 Å². The van der Waals surface area contributed by atoms with Gasteiger partial charge in [0.25, 0.3) is 0 Å². The van der Waals surface area contributed by atoms with Crippen LogP contribution in [0.1, 0.15) is 39.5 Å². The highest BCUT2D eigenvalue weighted by molar-refractivity contribution is 5.35. The van der Waals surface area contributed by atoms with Crippen LogP contribution in [0.25, 0.3) is 0 Å². The molecule has 1 fully saturated rings. The van der Waals surface area contributed by atoms with E-state index >= 15 is 0 Å². The van der Waals surface area contributed by atoms with E-state index in [1.807, 2.05) is 6.92 Å². The topological polar surface area (TPSA) is 75.2 Å². The second-order valence-corrected chi connectivity index (χ2v) is 4.80. The summed E-state index contributed by atoms with van der Waals surface area (Å²) in [5, 5.41) is 5.25. The number of ether oxygens (including phenoxy) is 1. The zero-order valence-electron chi connectivity index (χ0n) is 12.4. The van der Waals surface area contributed by atoms with Crippen molar-refractivity contribution in [3.8, 4) is 6.01 Å². The molecule has 112 valence electrons. The van der Waals surface area contributed by atoms with E-state index < -0.39 is 0 Å². The van der Waals surface area contributed by atoms with Gasteiger partial charge in [-0.3, -0.25) is 5.43 Å². The van der Waals surface area contributed by atoms with Gasteiger partial charge in [0.1, 0.15) is 0 Å². The van der Waals surface area contributed by atoms with Gasteiger partial charge < -0.3 is 10.1 Å². The van der Waals surface area contributed by atoms with Crippen molar-refractivity contribution in [1.29, 1.82) is 0 Å². The zero-order valence-corrected chi connectivity index (χ0v) is 12.4. The first-order valence-electron chi connectivity index (χ1n) is 7.46. The summed E-state index contributed by atoms with van der Waals surface area (Å²) in [4.78, 5) is 12.9. The smallest absolute Gasteiger partial charge is 0.323 e. The average molecular weight is 280 g/mol. The van der Waals surface area contributed by atoms with Gasteiger partial charge in [0, 0.05) is 19.6 Å². The molecule has 2 N–H and O–H groups in total. The summed E-state index contributed by atoms with van der Waals surface area (Å²) < 4.78 is 5.51. The lowest BCUT2D eigenvalue weighted by molar-refractivity contribution is 0.267. The Balaban J connectivity index is 2.06. The molecule has 7 nitrogen and oxygen atoms in total. The van der Waals surface area contributed by atoms with Crippen LogP contribution in [-0.2, 0) is 0 Å². The van der Waals surface area contributed by atoms with E-state index in [9.17, 15) is 0 Å². The van der Waals surface area contributed by atoms with Crippen molar-refractivity contribution in [3.63, 3.8) is 0 Å². The minimum atomic E-state index is 0.373. The Bertz CT molecular complexity index is 408. The van der Waals surface area contributed by atoms with Gasteiger partial charge in [-0.15, -0.1) is 0 Å². The Morgan fingerprint density at radius 2 is 1.80 bits per heavy atom. The molecule has 1 aromatic rings. The van der Waals surface area contributed by atoms with Gasteiger partial charge >= 0.3 is 6.01 Å². The Morgan fingerprint density at radius 3 is 2.50 bits per heavy atom. The molecule has 2 heterocycles. The van der Waals surface area contributed by atoms with Gasteiger partial charge in [-0.05, 0) is 26.2 Å². The second kappa shape index (κ2) is 7.84. The number of hydrogen-bond donors (Lipinski definition) is 2. The number of nitrogens with zero attached hydrogens (tertiary/aromatic N) is 4. The van der Waals surface area contributed by atoms with Crippen molar-refractivity contribution in [1.82, 2.24) is 20.0 Å². The molecule has 0 bridgehead atoms. The summed E-state index contributed by atoms with van der Waals surface area (Å²) in [6, 6.07) is 0.373. The van der Waals surface area contributed by atoms with Crippen molar-refractivity contribution in [2.75, 3.05) is 37.0 Å². The van der Waals surface area contributed by atoms with E-state index in [1.165, 1.54) is 19.3 Å². The molecule has 0 amide bonds.